The van der Waals surface area contributed by atoms with Gasteiger partial charge in [-0.25, -0.2) is 4.79 Å². The van der Waals surface area contributed by atoms with Crippen LogP contribution < -0.4 is 0 Å². The van der Waals surface area contributed by atoms with Crippen molar-refractivity contribution in [1.82, 2.24) is 0 Å². The van der Waals surface area contributed by atoms with Gasteiger partial charge in [-0.3, -0.25) is 0 Å². The predicted molar refractivity (Wildman–Crippen MR) is 69.7 cm³/mol. The minimum absolute atomic E-state index is 0.256. The zero-order valence-corrected chi connectivity index (χ0v) is 11.0. The van der Waals surface area contributed by atoms with Crippen LogP contribution in [0.1, 0.15) is 5.56 Å². The molecule has 7 heteroatoms. The van der Waals surface area contributed by atoms with Gasteiger partial charge in [0.05, 0.1) is 26.4 Å². The van der Waals surface area contributed by atoms with E-state index in [1.54, 1.807) is 0 Å². The quantitative estimate of drug-likeness (QED) is 0.343. The van der Waals surface area contributed by atoms with Crippen molar-refractivity contribution in [2.45, 2.75) is 24.9 Å². The Labute approximate surface area is 116 Å². The largest absolute Gasteiger partial charge is 0.467 e. The van der Waals surface area contributed by atoms with Gasteiger partial charge in [-0.05, 0) is 11.1 Å². The molecule has 1 fully saturated rings. The first-order valence-electron chi connectivity index (χ1n) is 6.15. The van der Waals surface area contributed by atoms with E-state index in [4.69, 9.17) is 15.0 Å². The molecule has 0 aliphatic carbocycles. The van der Waals surface area contributed by atoms with Gasteiger partial charge in [0.1, 0.15) is 6.04 Å². The molecule has 2 rings (SSSR count). The van der Waals surface area contributed by atoms with E-state index < -0.39 is 24.2 Å². The lowest BCUT2D eigenvalue weighted by Crippen LogP contribution is -2.58. The van der Waals surface area contributed by atoms with Crippen LogP contribution in [0.4, 0.5) is 0 Å². The Balaban J connectivity index is 1.81. The molecule has 0 unspecified atom stereocenters. The topological polar surface area (TPSA) is 93.5 Å². The molecular weight excluding hydrogens is 262 g/mol. The van der Waals surface area contributed by atoms with Crippen LogP contribution in [0, 0.1) is 0 Å². The third-order valence-electron chi connectivity index (χ3n) is 3.02. The zero-order chi connectivity index (χ0) is 14.4. The van der Waals surface area contributed by atoms with E-state index in [1.165, 1.54) is 7.11 Å². The maximum Gasteiger partial charge on any atom is 0.335 e. The van der Waals surface area contributed by atoms with Crippen molar-refractivity contribution in [2.24, 2.45) is 5.11 Å². The van der Waals surface area contributed by atoms with Crippen molar-refractivity contribution in [3.8, 4) is 0 Å². The molecule has 1 aromatic carbocycles. The van der Waals surface area contributed by atoms with Crippen molar-refractivity contribution in [2.75, 3.05) is 13.7 Å². The van der Waals surface area contributed by atoms with Gasteiger partial charge in [-0.15, -0.1) is 0 Å². The molecule has 1 aliphatic rings. The van der Waals surface area contributed by atoms with Crippen LogP contribution in [-0.2, 0) is 25.6 Å². The molecule has 106 valence electrons. The monoisotopic (exact) mass is 277 g/mol. The van der Waals surface area contributed by atoms with E-state index in [9.17, 15) is 4.79 Å². The lowest BCUT2D eigenvalue weighted by Gasteiger charge is -2.39. The summed E-state index contributed by atoms with van der Waals surface area (Å²) in [6.45, 7) is 0.693. The molecular formula is C13H15N3O4. The van der Waals surface area contributed by atoms with Crippen molar-refractivity contribution in [3.63, 3.8) is 0 Å². The van der Waals surface area contributed by atoms with Gasteiger partial charge in [-0.1, -0.05) is 35.4 Å². The fourth-order valence-corrected chi connectivity index (χ4v) is 1.97. The fourth-order valence-electron chi connectivity index (χ4n) is 1.97. The van der Waals surface area contributed by atoms with Gasteiger partial charge in [-0.2, -0.15) is 0 Å². The molecule has 0 bridgehead atoms. The number of hydrogen-bond acceptors (Lipinski definition) is 5. The molecule has 7 nitrogen and oxygen atoms in total. The highest BCUT2D eigenvalue weighted by Gasteiger charge is 2.47. The molecule has 0 amide bonds. The number of esters is 1. The molecule has 3 atom stereocenters. The third kappa shape index (κ3) is 3.27. The summed E-state index contributed by atoms with van der Waals surface area (Å²) in [7, 11) is 1.26. The minimum atomic E-state index is -0.832. The van der Waals surface area contributed by atoms with Gasteiger partial charge in [0, 0.05) is 4.91 Å². The highest BCUT2D eigenvalue weighted by molar-refractivity contribution is 5.76. The van der Waals surface area contributed by atoms with E-state index in [0.29, 0.717) is 6.61 Å². The standard InChI is InChI=1S/C13H15N3O4/c1-18-13(17)12-11(15-16-14)10(20-12)8-19-7-9-5-3-2-4-6-9/h2-6,10-12H,7-8H2,1H3/t10-,11+,12-/m0/s1. The second-order valence-corrected chi connectivity index (χ2v) is 4.31. The number of carbonyl (C=O) groups excluding carboxylic acids is 1. The van der Waals surface area contributed by atoms with Crippen LogP contribution in [0.15, 0.2) is 35.4 Å². The number of rotatable bonds is 6. The number of azide groups is 1. The summed E-state index contributed by atoms with van der Waals surface area (Å²) in [6.07, 6.45) is -1.25. The van der Waals surface area contributed by atoms with Gasteiger partial charge >= 0.3 is 5.97 Å². The molecule has 0 radical (unpaired) electrons. The van der Waals surface area contributed by atoms with Crippen molar-refractivity contribution >= 4 is 5.97 Å². The van der Waals surface area contributed by atoms with Crippen LogP contribution in [0.25, 0.3) is 10.4 Å². The Morgan fingerprint density at radius 2 is 2.20 bits per heavy atom. The highest BCUT2D eigenvalue weighted by Crippen LogP contribution is 2.26. The average Bonchev–Trinajstić information content (AvgIpc) is 2.48. The number of benzene rings is 1. The summed E-state index contributed by atoms with van der Waals surface area (Å²) >= 11 is 0. The number of methoxy groups -OCH3 is 1. The second kappa shape index (κ2) is 6.91. The number of hydrogen-bond donors (Lipinski definition) is 0. The maximum atomic E-state index is 11.3. The van der Waals surface area contributed by atoms with Gasteiger partial charge in [0.15, 0.2) is 6.10 Å². The van der Waals surface area contributed by atoms with Crippen LogP contribution >= 0.6 is 0 Å². The highest BCUT2D eigenvalue weighted by atomic mass is 16.6. The first-order chi connectivity index (χ1) is 9.76. The Bertz CT molecular complexity index is 502. The molecule has 1 aliphatic heterocycles. The van der Waals surface area contributed by atoms with Crippen molar-refractivity contribution in [3.05, 3.63) is 46.3 Å². The van der Waals surface area contributed by atoms with E-state index in [-0.39, 0.29) is 6.61 Å². The molecule has 0 saturated carbocycles. The normalized spacial score (nSPS) is 24.4. The van der Waals surface area contributed by atoms with Crippen LogP contribution in [-0.4, -0.2) is 37.9 Å². The SMILES string of the molecule is COC(=O)[C@H]1O[C@@H](COCc2ccccc2)[C@H]1N=[N+]=[N-]. The Morgan fingerprint density at radius 3 is 2.85 bits per heavy atom. The van der Waals surface area contributed by atoms with E-state index in [0.717, 1.165) is 5.56 Å². The molecule has 0 spiro atoms. The number of ether oxygens (including phenoxy) is 3. The van der Waals surface area contributed by atoms with Crippen molar-refractivity contribution in [1.29, 1.82) is 0 Å². The third-order valence-corrected chi connectivity index (χ3v) is 3.02. The zero-order valence-electron chi connectivity index (χ0n) is 11.0. The van der Waals surface area contributed by atoms with Gasteiger partial charge < -0.3 is 14.2 Å². The number of nitrogens with zero attached hydrogens (tertiary/aromatic N) is 3. The van der Waals surface area contributed by atoms with E-state index in [1.807, 2.05) is 30.3 Å². The molecule has 1 heterocycles. The molecule has 0 aromatic heterocycles. The minimum Gasteiger partial charge on any atom is -0.467 e. The van der Waals surface area contributed by atoms with Crippen LogP contribution in [0.5, 0.6) is 0 Å². The van der Waals surface area contributed by atoms with Crippen LogP contribution in [0.3, 0.4) is 0 Å². The summed E-state index contributed by atoms with van der Waals surface area (Å²) in [5, 5.41) is 3.56. The lowest BCUT2D eigenvalue weighted by molar-refractivity contribution is -0.199. The predicted octanol–water partition coefficient (Wildman–Crippen LogP) is 1.82. The smallest absolute Gasteiger partial charge is 0.335 e. The van der Waals surface area contributed by atoms with E-state index >= 15 is 0 Å². The Hall–Kier alpha value is -2.08. The summed E-state index contributed by atoms with van der Waals surface area (Å²) in [5.74, 6) is -0.540. The summed E-state index contributed by atoms with van der Waals surface area (Å²) in [6, 6.07) is 9.09. The van der Waals surface area contributed by atoms with Crippen molar-refractivity contribution < 1.29 is 19.0 Å². The summed E-state index contributed by atoms with van der Waals surface area (Å²) < 4.78 is 15.4. The molecule has 20 heavy (non-hydrogen) atoms. The summed E-state index contributed by atoms with van der Waals surface area (Å²) in [4.78, 5) is 14.1. The second-order valence-electron chi connectivity index (χ2n) is 4.31. The number of carbonyl (C=O) groups is 1. The first-order valence-corrected chi connectivity index (χ1v) is 6.15. The van der Waals surface area contributed by atoms with Gasteiger partial charge in [0.2, 0.25) is 0 Å². The van der Waals surface area contributed by atoms with Crippen LogP contribution in [0.2, 0.25) is 0 Å². The maximum absolute atomic E-state index is 11.3. The molecule has 1 aromatic rings. The lowest BCUT2D eigenvalue weighted by atomic mass is 9.99. The Morgan fingerprint density at radius 1 is 1.45 bits per heavy atom. The molecule has 1 saturated heterocycles. The fraction of sp³-hybridized carbons (Fsp3) is 0.462. The summed E-state index contributed by atoms with van der Waals surface area (Å²) in [5.41, 5.74) is 9.54. The van der Waals surface area contributed by atoms with E-state index in [2.05, 4.69) is 14.8 Å². The molecule has 0 N–H and O–H groups in total. The first kappa shape index (κ1) is 14.3. The van der Waals surface area contributed by atoms with Gasteiger partial charge in [0.25, 0.3) is 0 Å². The average molecular weight is 277 g/mol. The Kier molecular flexibility index (Phi) is 4.95.